The second-order valence-corrected chi connectivity index (χ2v) is 3.18. The molecule has 0 saturated heterocycles. The third-order valence-corrected chi connectivity index (χ3v) is 2.07. The molecule has 5 heteroatoms. The van der Waals surface area contributed by atoms with Crippen LogP contribution in [0.15, 0.2) is 43.5 Å². The monoisotopic (exact) mass is 246 g/mol. The lowest BCUT2D eigenvalue weighted by Crippen LogP contribution is -2.12. The van der Waals surface area contributed by atoms with Crippen molar-refractivity contribution >= 4 is 17.7 Å². The van der Waals surface area contributed by atoms with Crippen LogP contribution in [0.25, 0.3) is 0 Å². The molecule has 0 aliphatic rings. The van der Waals surface area contributed by atoms with E-state index in [1.807, 2.05) is 0 Å². The molecule has 1 rings (SSSR count). The van der Waals surface area contributed by atoms with Crippen molar-refractivity contribution in [2.75, 3.05) is 0 Å². The van der Waals surface area contributed by atoms with Gasteiger partial charge in [-0.3, -0.25) is 4.79 Å². The summed E-state index contributed by atoms with van der Waals surface area (Å²) >= 11 is 0. The maximum atomic E-state index is 11.6. The zero-order valence-electron chi connectivity index (χ0n) is 9.38. The zero-order valence-corrected chi connectivity index (χ0v) is 9.38. The molecule has 0 amide bonds. The van der Waals surface area contributed by atoms with Gasteiger partial charge in [-0.05, 0) is 18.2 Å². The van der Waals surface area contributed by atoms with Crippen molar-refractivity contribution in [1.82, 2.24) is 0 Å². The highest BCUT2D eigenvalue weighted by atomic mass is 16.5. The van der Waals surface area contributed by atoms with Crippen LogP contribution in [0.2, 0.25) is 0 Å². The molecule has 0 aromatic heterocycles. The first-order chi connectivity index (χ1) is 8.51. The second-order valence-electron chi connectivity index (χ2n) is 3.18. The van der Waals surface area contributed by atoms with Gasteiger partial charge in [0.25, 0.3) is 0 Å². The van der Waals surface area contributed by atoms with Crippen molar-refractivity contribution in [3.05, 3.63) is 54.6 Å². The van der Waals surface area contributed by atoms with Crippen molar-refractivity contribution in [1.29, 1.82) is 0 Å². The Balaban J connectivity index is 3.42. The van der Waals surface area contributed by atoms with Gasteiger partial charge in [-0.1, -0.05) is 19.2 Å². The zero-order chi connectivity index (χ0) is 13.7. The van der Waals surface area contributed by atoms with Crippen LogP contribution in [0.1, 0.15) is 20.7 Å². The van der Waals surface area contributed by atoms with E-state index >= 15 is 0 Å². The predicted molar refractivity (Wildman–Crippen MR) is 63.8 cm³/mol. The summed E-state index contributed by atoms with van der Waals surface area (Å²) in [6, 6.07) is 3.96. The van der Waals surface area contributed by atoms with Crippen molar-refractivity contribution in [3.8, 4) is 5.75 Å². The molecule has 0 bridgehead atoms. The molecule has 0 atom stereocenters. The van der Waals surface area contributed by atoms with Crippen LogP contribution in [0.4, 0.5) is 0 Å². The van der Waals surface area contributed by atoms with E-state index in [0.717, 1.165) is 12.2 Å². The van der Waals surface area contributed by atoms with E-state index < -0.39 is 17.7 Å². The fraction of sp³-hybridized carbons (Fsp3) is 0. The standard InChI is InChI=1S/C13H10O5/c1-3-10(14)8-6-5-7-9(13(16)17)12(8)18-11(15)4-2/h3-7H,1-2H2,(H,16,17). The Morgan fingerprint density at radius 1 is 1.11 bits per heavy atom. The number of carbonyl (C=O) groups is 3. The van der Waals surface area contributed by atoms with Gasteiger partial charge in [0.05, 0.1) is 5.56 Å². The average Bonchev–Trinajstić information content (AvgIpc) is 2.37. The van der Waals surface area contributed by atoms with Crippen molar-refractivity contribution < 1.29 is 24.2 Å². The maximum Gasteiger partial charge on any atom is 0.339 e. The molecule has 0 spiro atoms. The van der Waals surface area contributed by atoms with Gasteiger partial charge in [-0.15, -0.1) is 0 Å². The molecule has 0 aliphatic carbocycles. The van der Waals surface area contributed by atoms with E-state index in [4.69, 9.17) is 9.84 Å². The molecule has 0 saturated carbocycles. The summed E-state index contributed by atoms with van der Waals surface area (Å²) in [4.78, 5) is 33.7. The molecule has 5 nitrogen and oxygen atoms in total. The van der Waals surface area contributed by atoms with Crippen molar-refractivity contribution in [3.63, 3.8) is 0 Å². The average molecular weight is 246 g/mol. The minimum Gasteiger partial charge on any atom is -0.478 e. The van der Waals surface area contributed by atoms with E-state index in [9.17, 15) is 14.4 Å². The summed E-state index contributed by atoms with van der Waals surface area (Å²) in [6.45, 7) is 6.49. The van der Waals surface area contributed by atoms with Crippen LogP contribution in [0.3, 0.4) is 0 Å². The number of esters is 1. The first-order valence-corrected chi connectivity index (χ1v) is 4.88. The Kier molecular flexibility index (Phi) is 4.15. The summed E-state index contributed by atoms with van der Waals surface area (Å²) in [5.41, 5.74) is -0.321. The predicted octanol–water partition coefficient (Wildman–Crippen LogP) is 1.84. The highest BCUT2D eigenvalue weighted by Gasteiger charge is 2.20. The topological polar surface area (TPSA) is 80.7 Å². The molecular weight excluding hydrogens is 236 g/mol. The summed E-state index contributed by atoms with van der Waals surface area (Å²) in [6.07, 6.45) is 1.88. The van der Waals surface area contributed by atoms with Gasteiger partial charge >= 0.3 is 11.9 Å². The number of rotatable bonds is 5. The van der Waals surface area contributed by atoms with Gasteiger partial charge in [0.1, 0.15) is 5.56 Å². The Hall–Kier alpha value is -2.69. The number of carboxylic acids is 1. The Morgan fingerprint density at radius 2 is 1.72 bits per heavy atom. The molecule has 1 aromatic rings. The molecule has 1 N–H and O–H groups in total. The number of hydrogen-bond acceptors (Lipinski definition) is 4. The SMILES string of the molecule is C=CC(=O)Oc1c(C(=O)O)cccc1C(=O)C=C. The number of benzene rings is 1. The summed E-state index contributed by atoms with van der Waals surface area (Å²) in [5, 5.41) is 8.98. The third-order valence-electron chi connectivity index (χ3n) is 2.07. The molecule has 0 unspecified atom stereocenters. The normalized spacial score (nSPS) is 9.33. The Morgan fingerprint density at radius 3 is 2.22 bits per heavy atom. The Bertz CT molecular complexity index is 542. The number of hydrogen-bond donors (Lipinski definition) is 1. The summed E-state index contributed by atoms with van der Waals surface area (Å²) in [5.74, 6) is -2.99. The lowest BCUT2D eigenvalue weighted by molar-refractivity contribution is -0.128. The smallest absolute Gasteiger partial charge is 0.339 e. The van der Waals surface area contributed by atoms with Gasteiger partial charge in [0, 0.05) is 6.08 Å². The number of carboxylic acid groups (broad SMARTS) is 1. The molecule has 0 fully saturated rings. The van der Waals surface area contributed by atoms with Gasteiger partial charge in [-0.2, -0.15) is 0 Å². The van der Waals surface area contributed by atoms with Crippen LogP contribution in [0.5, 0.6) is 5.75 Å². The highest BCUT2D eigenvalue weighted by Crippen LogP contribution is 2.25. The molecule has 0 heterocycles. The second kappa shape index (κ2) is 5.58. The van der Waals surface area contributed by atoms with E-state index in [1.54, 1.807) is 0 Å². The quantitative estimate of drug-likeness (QED) is 0.371. The summed E-state index contributed by atoms with van der Waals surface area (Å²) < 4.78 is 4.80. The lowest BCUT2D eigenvalue weighted by Gasteiger charge is -2.09. The first-order valence-electron chi connectivity index (χ1n) is 4.88. The largest absolute Gasteiger partial charge is 0.478 e. The molecule has 92 valence electrons. The lowest BCUT2D eigenvalue weighted by atomic mass is 10.1. The van der Waals surface area contributed by atoms with Gasteiger partial charge in [0.15, 0.2) is 11.5 Å². The van der Waals surface area contributed by atoms with Gasteiger partial charge in [0.2, 0.25) is 0 Å². The van der Waals surface area contributed by atoms with Crippen LogP contribution in [-0.2, 0) is 4.79 Å². The third kappa shape index (κ3) is 2.70. The van der Waals surface area contributed by atoms with Crippen LogP contribution in [-0.4, -0.2) is 22.8 Å². The fourth-order valence-corrected chi connectivity index (χ4v) is 1.26. The van der Waals surface area contributed by atoms with Crippen LogP contribution < -0.4 is 4.74 Å². The summed E-state index contributed by atoms with van der Waals surface area (Å²) in [7, 11) is 0. The van der Waals surface area contributed by atoms with E-state index in [0.29, 0.717) is 0 Å². The van der Waals surface area contributed by atoms with Gasteiger partial charge in [-0.25, -0.2) is 9.59 Å². The molecule has 1 aromatic carbocycles. The first kappa shape index (κ1) is 13.4. The van der Waals surface area contributed by atoms with Crippen LogP contribution >= 0.6 is 0 Å². The van der Waals surface area contributed by atoms with E-state index in [2.05, 4.69) is 13.2 Å². The fourth-order valence-electron chi connectivity index (χ4n) is 1.26. The van der Waals surface area contributed by atoms with E-state index in [1.165, 1.54) is 18.2 Å². The number of allylic oxidation sites excluding steroid dienone is 1. The molecular formula is C13H10O5. The number of ether oxygens (including phenoxy) is 1. The number of ketones is 1. The molecule has 0 radical (unpaired) electrons. The number of carbonyl (C=O) groups excluding carboxylic acids is 2. The van der Waals surface area contributed by atoms with E-state index in [-0.39, 0.29) is 16.9 Å². The highest BCUT2D eigenvalue weighted by molar-refractivity contribution is 6.09. The van der Waals surface area contributed by atoms with Crippen molar-refractivity contribution in [2.45, 2.75) is 0 Å². The molecule has 18 heavy (non-hydrogen) atoms. The van der Waals surface area contributed by atoms with Crippen LogP contribution in [0, 0.1) is 0 Å². The van der Waals surface area contributed by atoms with Gasteiger partial charge < -0.3 is 9.84 Å². The maximum absolute atomic E-state index is 11.6. The number of para-hydroxylation sites is 1. The minimum atomic E-state index is -1.31. The van der Waals surface area contributed by atoms with Crippen molar-refractivity contribution in [2.24, 2.45) is 0 Å². The minimum absolute atomic E-state index is 0.0416. The Labute approximate surface area is 103 Å². The molecule has 0 aliphatic heterocycles. The number of aromatic carboxylic acids is 1.